The van der Waals surface area contributed by atoms with Crippen molar-refractivity contribution in [3.8, 4) is 0 Å². The molecule has 0 aliphatic carbocycles. The van der Waals surface area contributed by atoms with E-state index in [0.29, 0.717) is 11.0 Å². The molecule has 3 N–H and O–H groups in total. The lowest BCUT2D eigenvalue weighted by Gasteiger charge is -2.10. The van der Waals surface area contributed by atoms with Gasteiger partial charge in [-0.2, -0.15) is 18.8 Å². The van der Waals surface area contributed by atoms with E-state index in [2.05, 4.69) is 4.98 Å². The van der Waals surface area contributed by atoms with Crippen molar-refractivity contribution in [2.24, 2.45) is 0 Å². The molecular weight excluding hydrogens is 288 g/mol. The van der Waals surface area contributed by atoms with E-state index in [1.54, 1.807) is 12.4 Å². The van der Waals surface area contributed by atoms with Crippen molar-refractivity contribution in [2.75, 3.05) is 0 Å². The second kappa shape index (κ2) is 5.82. The van der Waals surface area contributed by atoms with E-state index < -0.39 is 19.4 Å². The Morgan fingerprint density at radius 3 is 1.94 bits per heavy atom. The van der Waals surface area contributed by atoms with Gasteiger partial charge in [0.1, 0.15) is 0 Å². The highest BCUT2D eigenvalue weighted by atomic mass is 33.1. The quantitative estimate of drug-likeness (QED) is 0.311. The maximum absolute atomic E-state index is 10.4. The fourth-order valence-corrected chi connectivity index (χ4v) is 3.99. The van der Waals surface area contributed by atoms with Gasteiger partial charge in [0.05, 0.1) is 9.62 Å². The van der Waals surface area contributed by atoms with Gasteiger partial charge in [-0.3, -0.25) is 9.54 Å². The zero-order chi connectivity index (χ0) is 12.9. The van der Waals surface area contributed by atoms with E-state index in [1.165, 1.54) is 0 Å². The fourth-order valence-electron chi connectivity index (χ4n) is 0.752. The minimum Gasteiger partial charge on any atom is -0.278 e. The Morgan fingerprint density at radius 2 is 1.76 bits per heavy atom. The van der Waals surface area contributed by atoms with Crippen LogP contribution in [0, 0.1) is 0 Å². The molecule has 0 unspecified atom stereocenters. The first-order valence-electron chi connectivity index (χ1n) is 4.07. The highest BCUT2D eigenvalue weighted by molar-refractivity contribution is 8.76. The maximum atomic E-state index is 10.4. The van der Waals surface area contributed by atoms with Crippen LogP contribution in [0.5, 0.6) is 0 Å². The zero-order valence-corrected chi connectivity index (χ0v) is 10.7. The number of hydrogen-bond acceptors (Lipinski definition) is 7. The van der Waals surface area contributed by atoms with Crippen LogP contribution in [0.4, 0.5) is 0 Å². The van der Waals surface area contributed by atoms with Gasteiger partial charge < -0.3 is 0 Å². The largest absolute Gasteiger partial charge is 0.353 e. The second-order valence-corrected chi connectivity index (χ2v) is 6.15. The molecule has 2 heterocycles. The Bertz CT molecular complexity index is 461. The lowest BCUT2D eigenvalue weighted by Crippen LogP contribution is -2.32. The van der Waals surface area contributed by atoms with Crippen LogP contribution in [0.3, 0.4) is 0 Å². The van der Waals surface area contributed by atoms with Crippen molar-refractivity contribution in [3.05, 3.63) is 41.0 Å². The van der Waals surface area contributed by atoms with Crippen molar-refractivity contribution in [1.29, 1.82) is 0 Å². The Hall–Kier alpha value is -0.620. The van der Waals surface area contributed by atoms with Crippen LogP contribution < -0.4 is 0 Å². The molecule has 1 aliphatic heterocycles. The molecule has 0 amide bonds. The average Bonchev–Trinajstić information content (AvgIpc) is 2.61. The van der Waals surface area contributed by atoms with Gasteiger partial charge in [0.2, 0.25) is 11.0 Å². The molecule has 10 heteroatoms. The molecule has 17 heavy (non-hydrogen) atoms. The van der Waals surface area contributed by atoms with Crippen LogP contribution in [0.25, 0.3) is 0 Å². The van der Waals surface area contributed by atoms with E-state index in [0.717, 1.165) is 16.2 Å². The summed E-state index contributed by atoms with van der Waals surface area (Å²) in [5.41, 5.74) is 0. The first-order chi connectivity index (χ1) is 7.84. The Kier molecular flexibility index (Phi) is 4.94. The van der Waals surface area contributed by atoms with Crippen molar-refractivity contribution in [3.63, 3.8) is 0 Å². The van der Waals surface area contributed by atoms with Crippen molar-refractivity contribution >= 4 is 31.9 Å². The third kappa shape index (κ3) is 4.63. The topological polar surface area (TPSA) is 108 Å². The summed E-state index contributed by atoms with van der Waals surface area (Å²) in [5.74, 6) is 0. The molecular formula is C7H9N2O5S3+. The highest BCUT2D eigenvalue weighted by Crippen LogP contribution is 2.44. The standard InChI is InChI=1S/C5H5N.C2H3NO5S3/c1-2-4-6-5-3-1;4-3(5)2(1-9-10-3)11(6,7)8/h1-5H;1,4-5H/p+1. The van der Waals surface area contributed by atoms with Gasteiger partial charge in [-0.05, 0) is 12.1 Å². The molecule has 0 aromatic carbocycles. The molecule has 0 spiro atoms. The van der Waals surface area contributed by atoms with E-state index in [4.69, 9.17) is 15.0 Å². The SMILES string of the molecule is O=S(=O)(O)C1=CSS[N+]1(O)O.c1ccncc1. The lowest BCUT2D eigenvalue weighted by molar-refractivity contribution is -1.11. The molecule has 2 rings (SSSR count). The van der Waals surface area contributed by atoms with Gasteiger partial charge in [-0.1, -0.05) is 6.07 Å². The summed E-state index contributed by atoms with van der Waals surface area (Å²) in [6, 6.07) is 5.72. The van der Waals surface area contributed by atoms with E-state index in [9.17, 15) is 8.42 Å². The van der Waals surface area contributed by atoms with Gasteiger partial charge >= 0.3 is 15.1 Å². The van der Waals surface area contributed by atoms with Gasteiger partial charge in [-0.25, -0.2) is 0 Å². The summed E-state index contributed by atoms with van der Waals surface area (Å²) in [7, 11) is -3.25. The van der Waals surface area contributed by atoms with Crippen LogP contribution in [-0.2, 0) is 10.1 Å². The van der Waals surface area contributed by atoms with Gasteiger partial charge in [0, 0.05) is 23.2 Å². The summed E-state index contributed by atoms with van der Waals surface area (Å²) >= 11 is 0. The maximum Gasteiger partial charge on any atom is 0.353 e. The Balaban J connectivity index is 0.000000202. The molecule has 94 valence electrons. The van der Waals surface area contributed by atoms with Crippen LogP contribution in [0.1, 0.15) is 0 Å². The molecule has 0 radical (unpaired) electrons. The van der Waals surface area contributed by atoms with Crippen LogP contribution in [0.2, 0.25) is 0 Å². The first kappa shape index (κ1) is 14.4. The minimum atomic E-state index is -4.52. The summed E-state index contributed by atoms with van der Waals surface area (Å²) in [6.07, 6.45) is 3.50. The molecule has 0 bridgehead atoms. The molecule has 0 atom stereocenters. The third-order valence-electron chi connectivity index (χ3n) is 1.41. The number of rotatable bonds is 1. The predicted molar refractivity (Wildman–Crippen MR) is 62.9 cm³/mol. The number of aromatic nitrogens is 1. The normalized spacial score (nSPS) is 17.9. The van der Waals surface area contributed by atoms with Crippen molar-refractivity contribution < 1.29 is 27.6 Å². The average molecular weight is 297 g/mol. The molecule has 1 aliphatic rings. The zero-order valence-electron chi connectivity index (χ0n) is 8.24. The summed E-state index contributed by atoms with van der Waals surface area (Å²) in [6.45, 7) is 0. The third-order valence-corrected chi connectivity index (χ3v) is 4.56. The van der Waals surface area contributed by atoms with Crippen molar-refractivity contribution in [1.82, 2.24) is 4.98 Å². The van der Waals surface area contributed by atoms with Crippen LogP contribution in [-0.4, -0.2) is 32.6 Å². The highest BCUT2D eigenvalue weighted by Gasteiger charge is 2.46. The summed E-state index contributed by atoms with van der Waals surface area (Å²) in [4.78, 5) is 3.78. The minimum absolute atomic E-state index is 0.468. The van der Waals surface area contributed by atoms with Crippen LogP contribution in [0.15, 0.2) is 41.0 Å². The smallest absolute Gasteiger partial charge is 0.278 e. The number of hydroxylamine groups is 2. The van der Waals surface area contributed by atoms with Crippen LogP contribution >= 0.6 is 21.8 Å². The predicted octanol–water partition coefficient (Wildman–Crippen LogP) is 1.66. The second-order valence-electron chi connectivity index (χ2n) is 2.67. The Labute approximate surface area is 106 Å². The first-order valence-corrected chi connectivity index (χ1v) is 7.68. The number of hydrogen-bond donors (Lipinski definition) is 3. The molecule has 1 aromatic heterocycles. The molecule has 0 saturated carbocycles. The molecule has 0 fully saturated rings. The lowest BCUT2D eigenvalue weighted by atomic mass is 10.5. The molecule has 7 nitrogen and oxygen atoms in total. The molecule has 0 saturated heterocycles. The Morgan fingerprint density at radius 1 is 1.18 bits per heavy atom. The number of nitrogens with zero attached hydrogens (tertiary/aromatic N) is 2. The monoisotopic (exact) mass is 297 g/mol. The molecule has 1 aromatic rings. The summed E-state index contributed by atoms with van der Waals surface area (Å²) < 4.78 is 27.3. The van der Waals surface area contributed by atoms with E-state index >= 15 is 0 Å². The van der Waals surface area contributed by atoms with Crippen molar-refractivity contribution in [2.45, 2.75) is 0 Å². The van der Waals surface area contributed by atoms with E-state index in [1.807, 2.05) is 18.2 Å². The van der Waals surface area contributed by atoms with Gasteiger partial charge in [0.25, 0.3) is 0 Å². The fraction of sp³-hybridized carbons (Fsp3) is 0. The summed E-state index contributed by atoms with van der Waals surface area (Å²) in [5, 5.41) is 17.7. The van der Waals surface area contributed by atoms with Gasteiger partial charge in [-0.15, -0.1) is 0 Å². The number of quaternary nitrogens is 1. The number of pyridine rings is 1. The van der Waals surface area contributed by atoms with E-state index in [-0.39, 0.29) is 0 Å². The van der Waals surface area contributed by atoms with Gasteiger partial charge in [0.15, 0.2) is 0 Å².